The molecule has 5 nitrogen and oxygen atoms in total. The summed E-state index contributed by atoms with van der Waals surface area (Å²) < 4.78 is 5.49. The fourth-order valence-electron chi connectivity index (χ4n) is 2.87. The third-order valence-electron chi connectivity index (χ3n) is 4.32. The van der Waals surface area contributed by atoms with E-state index in [0.29, 0.717) is 23.5 Å². The molecule has 0 aliphatic heterocycles. The predicted octanol–water partition coefficient (Wildman–Crippen LogP) is 3.64. The fourth-order valence-corrected chi connectivity index (χ4v) is 2.87. The van der Waals surface area contributed by atoms with Gasteiger partial charge < -0.3 is 9.84 Å². The summed E-state index contributed by atoms with van der Waals surface area (Å²) in [6.45, 7) is 4.02. The molecule has 5 heteroatoms. The molecule has 3 rings (SSSR count). The van der Waals surface area contributed by atoms with Gasteiger partial charge in [0.15, 0.2) is 5.60 Å². The average molecular weight is 386 g/mol. The van der Waals surface area contributed by atoms with Crippen molar-refractivity contribution < 1.29 is 14.6 Å². The minimum absolute atomic E-state index is 0.401. The van der Waals surface area contributed by atoms with Crippen molar-refractivity contribution in [1.29, 1.82) is 0 Å². The molecule has 0 atom stereocenters. The van der Waals surface area contributed by atoms with E-state index in [1.165, 1.54) is 6.21 Å². The van der Waals surface area contributed by atoms with Gasteiger partial charge >= 0.3 is 0 Å². The Kier molecular flexibility index (Phi) is 6.55. The minimum atomic E-state index is -1.87. The van der Waals surface area contributed by atoms with Crippen molar-refractivity contribution >= 4 is 12.1 Å². The number of carbonyl (C=O) groups is 1. The molecular formula is C24H22N2O3. The van der Waals surface area contributed by atoms with E-state index in [1.807, 2.05) is 30.3 Å². The Morgan fingerprint density at radius 3 is 2.21 bits per heavy atom. The number of nitrogens with zero attached hydrogens (tertiary/aromatic N) is 1. The molecule has 0 fully saturated rings. The molecule has 1 amide bonds. The highest BCUT2D eigenvalue weighted by Gasteiger charge is 2.39. The molecule has 0 heterocycles. The van der Waals surface area contributed by atoms with Crippen LogP contribution in [0.1, 0.15) is 16.7 Å². The van der Waals surface area contributed by atoms with Crippen molar-refractivity contribution in [3.05, 3.63) is 114 Å². The van der Waals surface area contributed by atoms with Gasteiger partial charge in [-0.1, -0.05) is 85.5 Å². The SMILES string of the molecule is C=CCOc1cccc(C=NNC(=O)C(O)(c2ccccc2)c2ccccc2)c1. The van der Waals surface area contributed by atoms with E-state index in [2.05, 4.69) is 17.1 Å². The maximum atomic E-state index is 13.0. The number of carbonyl (C=O) groups excluding carboxylic acids is 1. The summed E-state index contributed by atoms with van der Waals surface area (Å²) in [5.41, 5.74) is 2.25. The number of hydrogen-bond acceptors (Lipinski definition) is 4. The van der Waals surface area contributed by atoms with Crippen molar-refractivity contribution in [1.82, 2.24) is 5.43 Å². The Bertz CT molecular complexity index is 946. The first-order valence-electron chi connectivity index (χ1n) is 9.15. The average Bonchev–Trinajstić information content (AvgIpc) is 2.78. The lowest BCUT2D eigenvalue weighted by Gasteiger charge is -2.27. The second kappa shape index (κ2) is 9.48. The first-order chi connectivity index (χ1) is 14.1. The Morgan fingerprint density at radius 2 is 1.62 bits per heavy atom. The normalized spacial score (nSPS) is 11.2. The molecule has 29 heavy (non-hydrogen) atoms. The number of hydrazone groups is 1. The van der Waals surface area contributed by atoms with Crippen molar-refractivity contribution in [3.63, 3.8) is 0 Å². The number of hydrogen-bond donors (Lipinski definition) is 2. The van der Waals surface area contributed by atoms with Crippen molar-refractivity contribution in [2.75, 3.05) is 6.61 Å². The molecular weight excluding hydrogens is 364 g/mol. The van der Waals surface area contributed by atoms with Crippen LogP contribution in [-0.2, 0) is 10.4 Å². The van der Waals surface area contributed by atoms with E-state index in [-0.39, 0.29) is 0 Å². The van der Waals surface area contributed by atoms with E-state index in [0.717, 1.165) is 5.56 Å². The monoisotopic (exact) mass is 386 g/mol. The molecule has 0 unspecified atom stereocenters. The smallest absolute Gasteiger partial charge is 0.281 e. The summed E-state index contributed by atoms with van der Waals surface area (Å²) in [6.07, 6.45) is 3.16. The van der Waals surface area contributed by atoms with E-state index < -0.39 is 11.5 Å². The third kappa shape index (κ3) is 4.78. The molecule has 0 aliphatic carbocycles. The maximum absolute atomic E-state index is 13.0. The molecule has 3 aromatic carbocycles. The summed E-state index contributed by atoms with van der Waals surface area (Å²) in [6, 6.07) is 24.8. The van der Waals surface area contributed by atoms with Gasteiger partial charge in [0.1, 0.15) is 12.4 Å². The Balaban J connectivity index is 1.81. The van der Waals surface area contributed by atoms with Crippen molar-refractivity contribution in [2.45, 2.75) is 5.60 Å². The highest BCUT2D eigenvalue weighted by atomic mass is 16.5. The van der Waals surface area contributed by atoms with E-state index in [9.17, 15) is 9.90 Å². The van der Waals surface area contributed by atoms with Gasteiger partial charge in [-0.15, -0.1) is 0 Å². The van der Waals surface area contributed by atoms with Crippen LogP contribution >= 0.6 is 0 Å². The van der Waals surface area contributed by atoms with Crippen LogP contribution < -0.4 is 10.2 Å². The molecule has 2 N–H and O–H groups in total. The summed E-state index contributed by atoms with van der Waals surface area (Å²) in [4.78, 5) is 13.0. The van der Waals surface area contributed by atoms with Crippen LogP contribution in [0.5, 0.6) is 5.75 Å². The molecule has 0 radical (unpaired) electrons. The van der Waals surface area contributed by atoms with E-state index in [1.54, 1.807) is 60.7 Å². The largest absolute Gasteiger partial charge is 0.490 e. The zero-order valence-corrected chi connectivity index (χ0v) is 15.9. The maximum Gasteiger partial charge on any atom is 0.281 e. The highest BCUT2D eigenvalue weighted by molar-refractivity contribution is 5.91. The van der Waals surface area contributed by atoms with E-state index >= 15 is 0 Å². The molecule has 0 bridgehead atoms. The van der Waals surface area contributed by atoms with Crippen LogP contribution in [0.4, 0.5) is 0 Å². The first-order valence-corrected chi connectivity index (χ1v) is 9.15. The van der Waals surface area contributed by atoms with Crippen molar-refractivity contribution in [2.24, 2.45) is 5.10 Å². The van der Waals surface area contributed by atoms with Gasteiger partial charge in [-0.3, -0.25) is 4.79 Å². The molecule has 3 aromatic rings. The molecule has 0 spiro atoms. The number of benzene rings is 3. The second-order valence-electron chi connectivity index (χ2n) is 6.31. The minimum Gasteiger partial charge on any atom is -0.490 e. The summed E-state index contributed by atoms with van der Waals surface area (Å²) in [5, 5.41) is 15.4. The van der Waals surface area contributed by atoms with Crippen molar-refractivity contribution in [3.8, 4) is 5.75 Å². The second-order valence-corrected chi connectivity index (χ2v) is 6.31. The van der Waals surface area contributed by atoms with Crippen LogP contribution in [0.15, 0.2) is 103 Å². The van der Waals surface area contributed by atoms with Gasteiger partial charge in [0.05, 0.1) is 6.21 Å². The third-order valence-corrected chi connectivity index (χ3v) is 4.32. The lowest BCUT2D eigenvalue weighted by Crippen LogP contribution is -2.43. The van der Waals surface area contributed by atoms with Gasteiger partial charge in [-0.2, -0.15) is 5.10 Å². The van der Waals surface area contributed by atoms with Crippen LogP contribution in [0.2, 0.25) is 0 Å². The van der Waals surface area contributed by atoms with Gasteiger partial charge in [0.25, 0.3) is 5.91 Å². The summed E-state index contributed by atoms with van der Waals surface area (Å²) in [5.74, 6) is 0.0236. The Labute approximate surface area is 170 Å². The Hall–Kier alpha value is -3.70. The van der Waals surface area contributed by atoms with Gasteiger partial charge in [-0.25, -0.2) is 5.43 Å². The number of amides is 1. The van der Waals surface area contributed by atoms with Crippen LogP contribution in [0.3, 0.4) is 0 Å². The summed E-state index contributed by atoms with van der Waals surface area (Å²) in [7, 11) is 0. The number of rotatable bonds is 8. The van der Waals surface area contributed by atoms with E-state index in [4.69, 9.17) is 4.74 Å². The molecule has 0 aromatic heterocycles. The quantitative estimate of drug-likeness (QED) is 0.353. The zero-order chi connectivity index (χ0) is 20.5. The fraction of sp³-hybridized carbons (Fsp3) is 0.0833. The molecule has 0 saturated heterocycles. The molecule has 146 valence electrons. The predicted molar refractivity (Wildman–Crippen MR) is 114 cm³/mol. The number of aliphatic hydroxyl groups is 1. The van der Waals surface area contributed by atoms with Gasteiger partial charge in [0.2, 0.25) is 0 Å². The Morgan fingerprint density at radius 1 is 1.00 bits per heavy atom. The standard InChI is InChI=1S/C24H22N2O3/c1-2-16-29-22-15-9-10-19(17-22)18-25-26-23(27)24(28,20-11-5-3-6-12-20)21-13-7-4-8-14-21/h2-15,17-18,28H,1,16H2,(H,26,27). The topological polar surface area (TPSA) is 70.9 Å². The lowest BCUT2D eigenvalue weighted by atomic mass is 9.85. The first kappa shape index (κ1) is 20.0. The summed E-state index contributed by atoms with van der Waals surface area (Å²) >= 11 is 0. The van der Waals surface area contributed by atoms with Crippen LogP contribution in [0.25, 0.3) is 0 Å². The lowest BCUT2D eigenvalue weighted by molar-refractivity contribution is -0.136. The van der Waals surface area contributed by atoms with Crippen LogP contribution in [0, 0.1) is 0 Å². The molecule has 0 saturated carbocycles. The van der Waals surface area contributed by atoms with Crippen LogP contribution in [-0.4, -0.2) is 23.8 Å². The number of nitrogens with one attached hydrogen (secondary N) is 1. The zero-order valence-electron chi connectivity index (χ0n) is 15.9. The van der Waals surface area contributed by atoms with Gasteiger partial charge in [-0.05, 0) is 28.8 Å². The highest BCUT2D eigenvalue weighted by Crippen LogP contribution is 2.29. The number of ether oxygens (including phenoxy) is 1. The molecule has 0 aliphatic rings. The van der Waals surface area contributed by atoms with Gasteiger partial charge in [0, 0.05) is 0 Å².